The first-order valence-corrected chi connectivity index (χ1v) is 5.49. The molecule has 19 heavy (non-hydrogen) atoms. The monoisotopic (exact) mass is 256 g/mol. The topological polar surface area (TPSA) is 80.1 Å². The number of rotatable bonds is 4. The minimum absolute atomic E-state index is 0.383. The molecule has 1 aromatic heterocycles. The highest BCUT2D eigenvalue weighted by molar-refractivity contribution is 5.68. The van der Waals surface area contributed by atoms with E-state index >= 15 is 0 Å². The Balaban J connectivity index is 2.36. The summed E-state index contributed by atoms with van der Waals surface area (Å²) in [6, 6.07) is 8.94. The van der Waals surface area contributed by atoms with Crippen molar-refractivity contribution in [1.82, 2.24) is 10.2 Å². The number of nitrogens with one attached hydrogen (secondary N) is 1. The number of hydrogen-bond acceptors (Lipinski definition) is 6. The molecule has 0 atom stereocenters. The van der Waals surface area contributed by atoms with Gasteiger partial charge in [0.25, 0.3) is 0 Å². The normalized spacial score (nSPS) is 9.53. The van der Waals surface area contributed by atoms with Crippen molar-refractivity contribution in [3.63, 3.8) is 0 Å². The zero-order chi connectivity index (χ0) is 13.7. The predicted octanol–water partition coefficient (Wildman–Crippen LogP) is 2.11. The SMILES string of the molecule is COc1ccc(Nc2nnccc2C#N)c(OC)c1. The standard InChI is InChI=1S/C13H12N4O2/c1-18-10-3-4-11(12(7-10)19-2)16-13-9(8-14)5-6-15-17-13/h3-7H,1-2H3,(H,16,17). The second kappa shape index (κ2) is 5.69. The number of nitrogens with zero attached hydrogens (tertiary/aromatic N) is 3. The van der Waals surface area contributed by atoms with Crippen molar-refractivity contribution in [2.24, 2.45) is 0 Å². The van der Waals surface area contributed by atoms with Gasteiger partial charge in [-0.1, -0.05) is 0 Å². The summed E-state index contributed by atoms with van der Waals surface area (Å²) in [6.07, 6.45) is 1.47. The third-order valence-electron chi connectivity index (χ3n) is 2.50. The molecule has 6 nitrogen and oxygen atoms in total. The van der Waals surface area contributed by atoms with Crippen LogP contribution >= 0.6 is 0 Å². The van der Waals surface area contributed by atoms with Gasteiger partial charge in [-0.3, -0.25) is 0 Å². The van der Waals surface area contributed by atoms with Crippen molar-refractivity contribution in [1.29, 1.82) is 5.26 Å². The molecule has 0 bridgehead atoms. The number of ether oxygens (including phenoxy) is 2. The van der Waals surface area contributed by atoms with Crippen LogP contribution in [0.1, 0.15) is 5.56 Å². The van der Waals surface area contributed by atoms with Gasteiger partial charge in [0.2, 0.25) is 0 Å². The number of anilines is 2. The number of methoxy groups -OCH3 is 2. The van der Waals surface area contributed by atoms with E-state index in [0.29, 0.717) is 28.6 Å². The molecule has 0 amide bonds. The minimum atomic E-state index is 0.383. The van der Waals surface area contributed by atoms with Crippen LogP contribution in [-0.4, -0.2) is 24.4 Å². The van der Waals surface area contributed by atoms with E-state index in [2.05, 4.69) is 15.5 Å². The highest BCUT2D eigenvalue weighted by Crippen LogP contribution is 2.31. The summed E-state index contributed by atoms with van der Waals surface area (Å²) in [5.74, 6) is 1.66. The second-order valence-electron chi connectivity index (χ2n) is 3.60. The molecule has 0 radical (unpaired) electrons. The van der Waals surface area contributed by atoms with Crippen molar-refractivity contribution in [2.45, 2.75) is 0 Å². The summed E-state index contributed by atoms with van der Waals surface area (Å²) < 4.78 is 10.4. The Morgan fingerprint density at radius 3 is 2.74 bits per heavy atom. The van der Waals surface area contributed by atoms with E-state index in [0.717, 1.165) is 0 Å². The molecular formula is C13H12N4O2. The van der Waals surface area contributed by atoms with Gasteiger partial charge in [-0.15, -0.1) is 5.10 Å². The maximum Gasteiger partial charge on any atom is 0.171 e. The Morgan fingerprint density at radius 2 is 2.05 bits per heavy atom. The molecule has 2 aromatic rings. The number of benzene rings is 1. The average molecular weight is 256 g/mol. The second-order valence-corrected chi connectivity index (χ2v) is 3.60. The quantitative estimate of drug-likeness (QED) is 0.902. The zero-order valence-corrected chi connectivity index (χ0v) is 10.5. The van der Waals surface area contributed by atoms with Crippen LogP contribution in [0, 0.1) is 11.3 Å². The first-order valence-electron chi connectivity index (χ1n) is 5.49. The molecular weight excluding hydrogens is 244 g/mol. The van der Waals surface area contributed by atoms with Crippen LogP contribution in [0.25, 0.3) is 0 Å². The summed E-state index contributed by atoms with van der Waals surface area (Å²) in [5, 5.41) is 19.7. The van der Waals surface area contributed by atoms with Gasteiger partial charge >= 0.3 is 0 Å². The van der Waals surface area contributed by atoms with Gasteiger partial charge in [0, 0.05) is 6.07 Å². The predicted molar refractivity (Wildman–Crippen MR) is 69.6 cm³/mol. The molecule has 0 saturated heterocycles. The molecule has 0 spiro atoms. The average Bonchev–Trinajstić information content (AvgIpc) is 2.48. The lowest BCUT2D eigenvalue weighted by atomic mass is 10.2. The van der Waals surface area contributed by atoms with Crippen LogP contribution in [0.15, 0.2) is 30.5 Å². The molecule has 2 rings (SSSR count). The lowest BCUT2D eigenvalue weighted by Gasteiger charge is -2.12. The molecule has 1 aromatic carbocycles. The van der Waals surface area contributed by atoms with Crippen molar-refractivity contribution in [2.75, 3.05) is 19.5 Å². The van der Waals surface area contributed by atoms with Crippen LogP contribution in [0.4, 0.5) is 11.5 Å². The maximum absolute atomic E-state index is 9.00. The summed E-state index contributed by atoms with van der Waals surface area (Å²) in [7, 11) is 3.14. The first-order chi connectivity index (χ1) is 9.28. The van der Waals surface area contributed by atoms with Crippen LogP contribution in [0.5, 0.6) is 11.5 Å². The summed E-state index contributed by atoms with van der Waals surface area (Å²) in [6.45, 7) is 0. The summed E-state index contributed by atoms with van der Waals surface area (Å²) >= 11 is 0. The van der Waals surface area contributed by atoms with Gasteiger partial charge < -0.3 is 14.8 Å². The van der Waals surface area contributed by atoms with Crippen molar-refractivity contribution in [3.8, 4) is 17.6 Å². The molecule has 6 heteroatoms. The van der Waals surface area contributed by atoms with E-state index in [1.165, 1.54) is 6.20 Å². The van der Waals surface area contributed by atoms with Crippen LogP contribution < -0.4 is 14.8 Å². The minimum Gasteiger partial charge on any atom is -0.497 e. The lowest BCUT2D eigenvalue weighted by Crippen LogP contribution is -2.00. The van der Waals surface area contributed by atoms with E-state index in [1.807, 2.05) is 6.07 Å². The fourth-order valence-electron chi connectivity index (χ4n) is 1.54. The number of hydrogen-bond donors (Lipinski definition) is 1. The van der Waals surface area contributed by atoms with Gasteiger partial charge in [-0.05, 0) is 18.2 Å². The third-order valence-corrected chi connectivity index (χ3v) is 2.50. The zero-order valence-electron chi connectivity index (χ0n) is 10.5. The smallest absolute Gasteiger partial charge is 0.171 e. The van der Waals surface area contributed by atoms with Crippen molar-refractivity contribution < 1.29 is 9.47 Å². The highest BCUT2D eigenvalue weighted by Gasteiger charge is 2.09. The van der Waals surface area contributed by atoms with Crippen molar-refractivity contribution >= 4 is 11.5 Å². The van der Waals surface area contributed by atoms with Gasteiger partial charge in [0.05, 0.1) is 31.7 Å². The largest absolute Gasteiger partial charge is 0.497 e. The number of nitriles is 1. The van der Waals surface area contributed by atoms with Gasteiger partial charge in [0.1, 0.15) is 17.6 Å². The fraction of sp³-hybridized carbons (Fsp3) is 0.154. The molecule has 1 heterocycles. The van der Waals surface area contributed by atoms with E-state index in [1.54, 1.807) is 38.5 Å². The number of aromatic nitrogens is 2. The van der Waals surface area contributed by atoms with Crippen LogP contribution in [0.2, 0.25) is 0 Å². The van der Waals surface area contributed by atoms with Gasteiger partial charge in [-0.2, -0.15) is 10.4 Å². The van der Waals surface area contributed by atoms with Crippen LogP contribution in [-0.2, 0) is 0 Å². The van der Waals surface area contributed by atoms with E-state index in [9.17, 15) is 0 Å². The Hall–Kier alpha value is -2.81. The Bertz CT molecular complexity index is 622. The Labute approximate surface area is 110 Å². The van der Waals surface area contributed by atoms with E-state index in [-0.39, 0.29) is 0 Å². The molecule has 0 saturated carbocycles. The van der Waals surface area contributed by atoms with Gasteiger partial charge in [-0.25, -0.2) is 0 Å². The molecule has 0 unspecified atom stereocenters. The Morgan fingerprint density at radius 1 is 1.21 bits per heavy atom. The third kappa shape index (κ3) is 2.72. The summed E-state index contributed by atoms with van der Waals surface area (Å²) in [4.78, 5) is 0. The van der Waals surface area contributed by atoms with E-state index in [4.69, 9.17) is 14.7 Å². The molecule has 0 aliphatic rings. The molecule has 1 N–H and O–H groups in total. The van der Waals surface area contributed by atoms with Crippen LogP contribution in [0.3, 0.4) is 0 Å². The summed E-state index contributed by atoms with van der Waals surface area (Å²) in [5.41, 5.74) is 1.09. The molecule has 0 aliphatic heterocycles. The molecule has 96 valence electrons. The lowest BCUT2D eigenvalue weighted by molar-refractivity contribution is 0.395. The molecule has 0 fully saturated rings. The van der Waals surface area contributed by atoms with Crippen molar-refractivity contribution in [3.05, 3.63) is 36.0 Å². The van der Waals surface area contributed by atoms with Gasteiger partial charge in [0.15, 0.2) is 5.82 Å². The highest BCUT2D eigenvalue weighted by atomic mass is 16.5. The van der Waals surface area contributed by atoms with E-state index < -0.39 is 0 Å². The maximum atomic E-state index is 9.00. The fourth-order valence-corrected chi connectivity index (χ4v) is 1.54. The Kier molecular flexibility index (Phi) is 3.78. The molecule has 0 aliphatic carbocycles. The first kappa shape index (κ1) is 12.6.